The van der Waals surface area contributed by atoms with E-state index < -0.39 is 33.3 Å². The van der Waals surface area contributed by atoms with Crippen LogP contribution in [0.4, 0.5) is 20.6 Å². The summed E-state index contributed by atoms with van der Waals surface area (Å²) >= 11 is 6.01. The molecule has 0 aliphatic carbocycles. The maximum absolute atomic E-state index is 14.0. The Morgan fingerprint density at radius 2 is 1.72 bits per heavy atom. The topological polar surface area (TPSA) is 102 Å². The van der Waals surface area contributed by atoms with Crippen molar-refractivity contribution < 1.29 is 27.1 Å². The predicted molar refractivity (Wildman–Crippen MR) is 109 cm³/mol. The predicted octanol–water partition coefficient (Wildman–Crippen LogP) is 4.48. The normalized spacial score (nSPS) is 11.7. The largest absolute Gasteiger partial charge is 0.444 e. The van der Waals surface area contributed by atoms with Crippen LogP contribution in [0.3, 0.4) is 0 Å². The fourth-order valence-corrected chi connectivity index (χ4v) is 3.07. The molecule has 0 unspecified atom stereocenters. The fraction of sp³-hybridized carbons (Fsp3) is 0.263. The van der Waals surface area contributed by atoms with E-state index in [1.54, 1.807) is 20.8 Å². The van der Waals surface area contributed by atoms with Gasteiger partial charge in [0.25, 0.3) is 5.91 Å². The van der Waals surface area contributed by atoms with E-state index in [9.17, 15) is 22.4 Å². The molecule has 2 aromatic carbocycles. The number of carbonyl (C=O) groups excluding carboxylic acids is 2. The first-order valence-corrected chi connectivity index (χ1v) is 10.6. The second-order valence-corrected chi connectivity index (χ2v) is 9.61. The molecule has 0 aromatic heterocycles. The number of hydrogen-bond acceptors (Lipinski definition) is 5. The van der Waals surface area contributed by atoms with E-state index in [-0.39, 0.29) is 26.9 Å². The van der Waals surface area contributed by atoms with Crippen LogP contribution in [0.2, 0.25) is 5.02 Å². The lowest BCUT2D eigenvalue weighted by molar-refractivity contribution is 0.0635. The highest BCUT2D eigenvalue weighted by molar-refractivity contribution is 7.90. The third-order valence-electron chi connectivity index (χ3n) is 3.47. The third-order valence-corrected chi connectivity index (χ3v) is 4.91. The number of carbonyl (C=O) groups is 2. The van der Waals surface area contributed by atoms with E-state index in [4.69, 9.17) is 16.3 Å². The van der Waals surface area contributed by atoms with Gasteiger partial charge in [0.05, 0.1) is 21.2 Å². The standard InChI is InChI=1S/C19H20ClFN2O5S/c1-19(2,3)28-18(25)23-16-9-11(5-8-15(16)21)22-17(24)13-10-12(29(4,26)27)6-7-14(13)20/h5-10H,1-4H3,(H,22,24)(H,23,25). The molecular formula is C19H20ClFN2O5S. The Hall–Kier alpha value is -2.65. The Labute approximate surface area is 173 Å². The van der Waals surface area contributed by atoms with E-state index >= 15 is 0 Å². The van der Waals surface area contributed by atoms with E-state index in [1.807, 2.05) is 0 Å². The summed E-state index contributed by atoms with van der Waals surface area (Å²) in [6.07, 6.45) is 0.149. The number of anilines is 2. The van der Waals surface area contributed by atoms with Gasteiger partial charge in [0.2, 0.25) is 0 Å². The van der Waals surface area contributed by atoms with Crippen molar-refractivity contribution in [3.05, 3.63) is 52.8 Å². The van der Waals surface area contributed by atoms with Gasteiger partial charge < -0.3 is 10.1 Å². The maximum atomic E-state index is 14.0. The summed E-state index contributed by atoms with van der Waals surface area (Å²) in [5.74, 6) is -1.43. The minimum atomic E-state index is -3.54. The zero-order valence-electron chi connectivity index (χ0n) is 16.2. The first kappa shape index (κ1) is 22.6. The second kappa shape index (κ2) is 8.38. The van der Waals surface area contributed by atoms with Crippen LogP contribution < -0.4 is 10.6 Å². The van der Waals surface area contributed by atoms with Crippen LogP contribution in [0.25, 0.3) is 0 Å². The average Bonchev–Trinajstić information content (AvgIpc) is 2.55. The van der Waals surface area contributed by atoms with Crippen molar-refractivity contribution in [3.8, 4) is 0 Å². The van der Waals surface area contributed by atoms with Gasteiger partial charge in [-0.3, -0.25) is 10.1 Å². The molecule has 2 aromatic rings. The molecule has 0 saturated carbocycles. The van der Waals surface area contributed by atoms with Crippen LogP contribution in [0, 0.1) is 5.82 Å². The molecule has 0 aliphatic heterocycles. The summed E-state index contributed by atoms with van der Waals surface area (Å²) in [5.41, 5.74) is -0.884. The van der Waals surface area contributed by atoms with E-state index in [2.05, 4.69) is 10.6 Å². The van der Waals surface area contributed by atoms with Crippen LogP contribution in [0.1, 0.15) is 31.1 Å². The molecule has 0 radical (unpaired) electrons. The first-order chi connectivity index (χ1) is 13.3. The van der Waals surface area contributed by atoms with Gasteiger partial charge in [-0.05, 0) is 57.2 Å². The molecule has 2 amide bonds. The lowest BCUT2D eigenvalue weighted by atomic mass is 10.2. The van der Waals surface area contributed by atoms with Crippen molar-refractivity contribution in [2.45, 2.75) is 31.3 Å². The Bertz CT molecular complexity index is 1060. The lowest BCUT2D eigenvalue weighted by Gasteiger charge is -2.20. The van der Waals surface area contributed by atoms with Crippen molar-refractivity contribution in [1.29, 1.82) is 0 Å². The minimum absolute atomic E-state index is 0.0455. The highest BCUT2D eigenvalue weighted by Crippen LogP contribution is 2.24. The second-order valence-electron chi connectivity index (χ2n) is 7.19. The molecule has 10 heteroatoms. The van der Waals surface area contributed by atoms with Gasteiger partial charge in [-0.1, -0.05) is 11.6 Å². The van der Waals surface area contributed by atoms with Crippen LogP contribution in [0.15, 0.2) is 41.3 Å². The van der Waals surface area contributed by atoms with E-state index in [0.717, 1.165) is 18.4 Å². The maximum Gasteiger partial charge on any atom is 0.412 e. The fourth-order valence-electron chi connectivity index (χ4n) is 2.22. The number of nitrogens with one attached hydrogen (secondary N) is 2. The SMILES string of the molecule is CC(C)(C)OC(=O)Nc1cc(NC(=O)c2cc(S(C)(=O)=O)ccc2Cl)ccc1F. The molecule has 156 valence electrons. The molecule has 0 spiro atoms. The number of rotatable bonds is 4. The van der Waals surface area contributed by atoms with Crippen molar-refractivity contribution >= 4 is 44.8 Å². The Kier molecular flexibility index (Phi) is 6.54. The highest BCUT2D eigenvalue weighted by atomic mass is 35.5. The van der Waals surface area contributed by atoms with Gasteiger partial charge in [-0.25, -0.2) is 17.6 Å². The molecule has 7 nitrogen and oxygen atoms in total. The first-order valence-electron chi connectivity index (χ1n) is 8.37. The molecule has 0 atom stereocenters. The number of hydrogen-bond donors (Lipinski definition) is 2. The molecule has 0 saturated heterocycles. The molecule has 0 heterocycles. The highest BCUT2D eigenvalue weighted by Gasteiger charge is 2.19. The monoisotopic (exact) mass is 442 g/mol. The van der Waals surface area contributed by atoms with Crippen LogP contribution in [0.5, 0.6) is 0 Å². The van der Waals surface area contributed by atoms with Gasteiger partial charge in [0.1, 0.15) is 11.4 Å². The van der Waals surface area contributed by atoms with Gasteiger partial charge in [-0.15, -0.1) is 0 Å². The zero-order valence-corrected chi connectivity index (χ0v) is 17.7. The minimum Gasteiger partial charge on any atom is -0.444 e. The van der Waals surface area contributed by atoms with Crippen LogP contribution in [-0.4, -0.2) is 32.3 Å². The third kappa shape index (κ3) is 6.43. The number of halogens is 2. The van der Waals surface area contributed by atoms with Crippen LogP contribution in [-0.2, 0) is 14.6 Å². The Balaban J connectivity index is 2.25. The summed E-state index contributed by atoms with van der Waals surface area (Å²) in [6.45, 7) is 4.98. The summed E-state index contributed by atoms with van der Waals surface area (Å²) < 4.78 is 42.5. The molecule has 0 bridgehead atoms. The van der Waals surface area contributed by atoms with E-state index in [0.29, 0.717) is 0 Å². The van der Waals surface area contributed by atoms with Gasteiger partial charge >= 0.3 is 6.09 Å². The van der Waals surface area contributed by atoms with Crippen molar-refractivity contribution in [2.75, 3.05) is 16.9 Å². The van der Waals surface area contributed by atoms with E-state index in [1.165, 1.54) is 24.3 Å². The average molecular weight is 443 g/mol. The van der Waals surface area contributed by atoms with Crippen molar-refractivity contribution in [3.63, 3.8) is 0 Å². The summed E-state index contributed by atoms with van der Waals surface area (Å²) in [4.78, 5) is 24.3. The summed E-state index contributed by atoms with van der Waals surface area (Å²) in [5, 5.41) is 4.80. The van der Waals surface area contributed by atoms with Gasteiger partial charge in [-0.2, -0.15) is 0 Å². The zero-order chi connectivity index (χ0) is 22.0. The molecule has 0 aliphatic rings. The summed E-state index contributed by atoms with van der Waals surface area (Å²) in [7, 11) is -3.54. The molecular weight excluding hydrogens is 423 g/mol. The number of ether oxygens (including phenoxy) is 1. The Morgan fingerprint density at radius 3 is 2.31 bits per heavy atom. The Morgan fingerprint density at radius 1 is 1.07 bits per heavy atom. The van der Waals surface area contributed by atoms with Crippen molar-refractivity contribution in [2.24, 2.45) is 0 Å². The quantitative estimate of drug-likeness (QED) is 0.726. The van der Waals surface area contributed by atoms with Crippen molar-refractivity contribution in [1.82, 2.24) is 0 Å². The molecule has 0 fully saturated rings. The molecule has 2 rings (SSSR count). The van der Waals surface area contributed by atoms with Gasteiger partial charge in [0.15, 0.2) is 9.84 Å². The van der Waals surface area contributed by atoms with Gasteiger partial charge in [0, 0.05) is 11.9 Å². The molecule has 2 N–H and O–H groups in total. The smallest absolute Gasteiger partial charge is 0.412 e. The summed E-state index contributed by atoms with van der Waals surface area (Å²) in [6, 6.07) is 7.27. The number of sulfone groups is 1. The lowest BCUT2D eigenvalue weighted by Crippen LogP contribution is -2.27. The molecule has 29 heavy (non-hydrogen) atoms. The number of benzene rings is 2. The van der Waals surface area contributed by atoms with Crippen LogP contribution >= 0.6 is 11.6 Å². The number of amides is 2.